The van der Waals surface area contributed by atoms with E-state index in [2.05, 4.69) is 72.4 Å². The van der Waals surface area contributed by atoms with E-state index in [0.717, 1.165) is 151 Å². The van der Waals surface area contributed by atoms with Crippen molar-refractivity contribution in [2.24, 2.45) is 21.7 Å². The van der Waals surface area contributed by atoms with Gasteiger partial charge in [-0.25, -0.2) is 17.6 Å². The van der Waals surface area contributed by atoms with Crippen molar-refractivity contribution in [1.82, 2.24) is 40.0 Å². The normalized spacial score (nSPS) is 30.2. The molecule has 8 rings (SSSR count). The molecule has 4 aliphatic heterocycles. The van der Waals surface area contributed by atoms with Gasteiger partial charge in [0.05, 0.1) is 50.7 Å². The minimum atomic E-state index is -2.66. The Kier molecular flexibility index (Phi) is 13.6. The van der Waals surface area contributed by atoms with Gasteiger partial charge in [-0.3, -0.25) is 19.2 Å². The van der Waals surface area contributed by atoms with Gasteiger partial charge in [-0.15, -0.1) is 0 Å². The average molecular weight is 849 g/mol. The van der Waals surface area contributed by atoms with Gasteiger partial charge in [0.15, 0.2) is 0 Å². The average Bonchev–Trinajstić information content (AvgIpc) is 3.83. The third kappa shape index (κ3) is 10.6. The minimum absolute atomic E-state index is 0.159. The van der Waals surface area contributed by atoms with E-state index in [-0.39, 0.29) is 47.6 Å². The lowest BCUT2D eigenvalue weighted by Gasteiger charge is -2.48. The molecule has 2 spiro atoms. The lowest BCUT2D eigenvalue weighted by molar-refractivity contribution is -0.0928. The number of halogens is 4. The molecular formula is C46H76F4N8O2. The Morgan fingerprint density at radius 1 is 0.617 bits per heavy atom. The highest BCUT2D eigenvalue weighted by molar-refractivity contribution is 5.35. The van der Waals surface area contributed by atoms with Crippen molar-refractivity contribution in [2.75, 3.05) is 80.8 Å². The molecule has 0 radical (unpaired) electrons. The monoisotopic (exact) mass is 849 g/mol. The fourth-order valence-corrected chi connectivity index (χ4v) is 12.3. The molecule has 10 nitrogen and oxygen atoms in total. The smallest absolute Gasteiger partial charge is 0.272 e. The van der Waals surface area contributed by atoms with Gasteiger partial charge in [-0.2, -0.15) is 10.2 Å². The number of fused-ring (bicyclic) bond motifs is 2. The van der Waals surface area contributed by atoms with Gasteiger partial charge in [0, 0.05) is 61.8 Å². The molecule has 6 aliphatic rings. The Hall–Kier alpha value is -2.10. The molecule has 2 saturated carbocycles. The van der Waals surface area contributed by atoms with Crippen LogP contribution in [0.3, 0.4) is 0 Å². The fourth-order valence-electron chi connectivity index (χ4n) is 12.3. The third-order valence-corrected chi connectivity index (χ3v) is 14.7. The Morgan fingerprint density at radius 2 is 0.983 bits per heavy atom. The van der Waals surface area contributed by atoms with Crippen LogP contribution in [0.5, 0.6) is 0 Å². The van der Waals surface area contributed by atoms with Crippen molar-refractivity contribution >= 4 is 0 Å². The van der Waals surface area contributed by atoms with Crippen LogP contribution >= 0.6 is 0 Å². The van der Waals surface area contributed by atoms with Crippen LogP contribution in [0.15, 0.2) is 0 Å². The van der Waals surface area contributed by atoms with Crippen LogP contribution in [0, 0.1) is 21.7 Å². The first kappa shape index (κ1) is 45.9. The summed E-state index contributed by atoms with van der Waals surface area (Å²) in [6, 6.07) is 0. The molecule has 60 heavy (non-hydrogen) atoms. The molecule has 2 aliphatic carbocycles. The van der Waals surface area contributed by atoms with Crippen LogP contribution in [0.2, 0.25) is 0 Å². The number of nitrogens with one attached hydrogen (secondary N) is 2. The predicted molar refractivity (Wildman–Crippen MR) is 228 cm³/mol. The quantitative estimate of drug-likeness (QED) is 0.211. The van der Waals surface area contributed by atoms with E-state index in [4.69, 9.17) is 9.47 Å². The van der Waals surface area contributed by atoms with Crippen molar-refractivity contribution in [3.63, 3.8) is 0 Å². The zero-order chi connectivity index (χ0) is 43.1. The van der Waals surface area contributed by atoms with Gasteiger partial charge < -0.3 is 20.1 Å². The van der Waals surface area contributed by atoms with Gasteiger partial charge in [0.1, 0.15) is 13.1 Å². The number of rotatable bonds is 12. The lowest BCUT2D eigenvalue weighted by Crippen LogP contribution is -2.43. The largest absolute Gasteiger partial charge is 0.380 e. The molecule has 2 aromatic heterocycles. The Labute approximate surface area is 357 Å². The maximum atomic E-state index is 14.2. The van der Waals surface area contributed by atoms with Crippen molar-refractivity contribution in [3.8, 4) is 0 Å². The number of likely N-dealkylation sites (N-methyl/N-ethyl adjacent to an activating group) is 4. The van der Waals surface area contributed by atoms with E-state index < -0.39 is 11.8 Å². The highest BCUT2D eigenvalue weighted by Gasteiger charge is 2.48. The number of nitrogens with zero attached hydrogens (tertiary/aromatic N) is 6. The summed E-state index contributed by atoms with van der Waals surface area (Å²) in [5.74, 6) is -4.65. The second-order valence-corrected chi connectivity index (χ2v) is 21.9. The molecule has 0 bridgehead atoms. The number of aromatic nitrogens is 4. The van der Waals surface area contributed by atoms with E-state index in [1.54, 1.807) is 9.36 Å². The van der Waals surface area contributed by atoms with Crippen LogP contribution < -0.4 is 10.6 Å². The first-order valence-electron chi connectivity index (χ1n) is 23.0. The van der Waals surface area contributed by atoms with Gasteiger partial charge >= 0.3 is 0 Å². The van der Waals surface area contributed by atoms with E-state index in [1.807, 2.05) is 14.1 Å². The van der Waals surface area contributed by atoms with Gasteiger partial charge in [0.25, 0.3) is 11.8 Å². The molecule has 2 N–H and O–H groups in total. The van der Waals surface area contributed by atoms with E-state index in [0.29, 0.717) is 11.8 Å². The molecule has 0 atom stereocenters. The summed E-state index contributed by atoms with van der Waals surface area (Å²) in [6.45, 7) is 17.1. The molecule has 0 amide bonds. The highest BCUT2D eigenvalue weighted by Crippen LogP contribution is 2.54. The Morgan fingerprint density at radius 3 is 1.32 bits per heavy atom. The molecule has 2 aromatic rings. The number of ether oxygens (including phenoxy) is 2. The SMILES string of the molecule is CNCCN(C)Cc1nn2c(c1C1CCC3(CC1)COCC(C)(C)C3)CC(F)(F)C2.CNCCN(C)Cc1nn2c(c1C1CCC3(CC1)COCC(C)(C)C3)CC(F)(F)C2. The van der Waals surface area contributed by atoms with E-state index in [1.165, 1.54) is 12.8 Å². The molecule has 4 fully saturated rings. The molecule has 6 heterocycles. The maximum absolute atomic E-state index is 14.2. The van der Waals surface area contributed by atoms with Crippen molar-refractivity contribution < 1.29 is 27.0 Å². The third-order valence-electron chi connectivity index (χ3n) is 14.7. The fraction of sp³-hybridized carbons (Fsp3) is 0.870. The highest BCUT2D eigenvalue weighted by atomic mass is 19.3. The number of alkyl halides is 4. The second-order valence-electron chi connectivity index (χ2n) is 21.9. The topological polar surface area (TPSA) is 84.6 Å². The van der Waals surface area contributed by atoms with Crippen LogP contribution in [0.25, 0.3) is 0 Å². The van der Waals surface area contributed by atoms with Crippen LogP contribution in [0.1, 0.15) is 138 Å². The zero-order valence-corrected chi connectivity index (χ0v) is 38.1. The number of hydrogen-bond donors (Lipinski definition) is 2. The lowest BCUT2D eigenvalue weighted by atomic mass is 9.62. The van der Waals surface area contributed by atoms with E-state index >= 15 is 0 Å². The predicted octanol–water partition coefficient (Wildman–Crippen LogP) is 7.63. The first-order valence-corrected chi connectivity index (χ1v) is 23.0. The molecule has 340 valence electrons. The standard InChI is InChI=1S/2C23H38F2N4O/c2*1-21(2)13-22(16-30-15-21)7-5-17(6-8-22)20-18(12-28(4)10-9-26-3)27-29-14-23(24,25)11-19(20)29/h2*17,26H,5-16H2,1-4H3. The molecule has 14 heteroatoms. The Bertz CT molecular complexity index is 1630. The van der Waals surface area contributed by atoms with E-state index in [9.17, 15) is 17.6 Å². The summed E-state index contributed by atoms with van der Waals surface area (Å²) in [5.41, 5.74) is 6.87. The van der Waals surface area contributed by atoms with Crippen LogP contribution in [0.4, 0.5) is 17.6 Å². The summed E-state index contributed by atoms with van der Waals surface area (Å²) in [6.07, 6.45) is 10.8. The molecule has 0 aromatic carbocycles. The summed E-state index contributed by atoms with van der Waals surface area (Å²) >= 11 is 0. The summed E-state index contributed by atoms with van der Waals surface area (Å²) in [7, 11) is 8.05. The first-order chi connectivity index (χ1) is 28.2. The number of hydrogen-bond acceptors (Lipinski definition) is 8. The van der Waals surface area contributed by atoms with Gasteiger partial charge in [-0.1, -0.05) is 27.7 Å². The Balaban J connectivity index is 0.000000181. The minimum Gasteiger partial charge on any atom is -0.380 e. The van der Waals surface area contributed by atoms with Gasteiger partial charge in [0.2, 0.25) is 0 Å². The summed E-state index contributed by atoms with van der Waals surface area (Å²) < 4.78 is 71.8. The zero-order valence-electron chi connectivity index (χ0n) is 38.1. The second kappa shape index (κ2) is 17.8. The van der Waals surface area contributed by atoms with Gasteiger partial charge in [-0.05, 0) is 126 Å². The maximum Gasteiger partial charge on any atom is 0.272 e. The summed E-state index contributed by atoms with van der Waals surface area (Å²) in [4.78, 5) is 4.47. The van der Waals surface area contributed by atoms with Crippen molar-refractivity contribution in [2.45, 2.75) is 155 Å². The van der Waals surface area contributed by atoms with Crippen LogP contribution in [-0.2, 0) is 48.5 Å². The van der Waals surface area contributed by atoms with Crippen molar-refractivity contribution in [3.05, 3.63) is 33.9 Å². The van der Waals surface area contributed by atoms with Crippen molar-refractivity contribution in [1.29, 1.82) is 0 Å². The molecule has 2 saturated heterocycles. The summed E-state index contributed by atoms with van der Waals surface area (Å²) in [5, 5.41) is 15.7. The molecule has 0 unspecified atom stereocenters. The van der Waals surface area contributed by atoms with Crippen LogP contribution in [-0.4, -0.2) is 122 Å². The molecular weight excluding hydrogens is 773 g/mol.